The smallest absolute Gasteiger partial charge is 0.314 e. The van der Waals surface area contributed by atoms with E-state index in [2.05, 4.69) is 10.2 Å². The Morgan fingerprint density at radius 2 is 2.11 bits per heavy atom. The molecule has 1 unspecified atom stereocenters. The summed E-state index contributed by atoms with van der Waals surface area (Å²) in [7, 11) is 1.46. The van der Waals surface area contributed by atoms with Crippen molar-refractivity contribution in [1.29, 1.82) is 0 Å². The first kappa shape index (κ1) is 14.0. The van der Waals surface area contributed by atoms with Gasteiger partial charge in [-0.2, -0.15) is 0 Å². The molecule has 0 spiro atoms. The van der Waals surface area contributed by atoms with Gasteiger partial charge in [-0.15, -0.1) is 0 Å². The zero-order valence-electron chi connectivity index (χ0n) is 11.5. The lowest BCUT2D eigenvalue weighted by Gasteiger charge is -2.24. The predicted octanol–water partition coefficient (Wildman–Crippen LogP) is 1.24. The minimum absolute atomic E-state index is 0.150. The van der Waals surface area contributed by atoms with Crippen LogP contribution in [-0.2, 0) is 9.53 Å². The van der Waals surface area contributed by atoms with Gasteiger partial charge in [0.15, 0.2) is 0 Å². The fraction of sp³-hybridized carbons (Fsp3) is 0.533. The van der Waals surface area contributed by atoms with Gasteiger partial charge in [0.25, 0.3) is 0 Å². The van der Waals surface area contributed by atoms with E-state index in [4.69, 9.17) is 4.74 Å². The molecule has 1 saturated heterocycles. The maximum absolute atomic E-state index is 12.0. The maximum Gasteiger partial charge on any atom is 0.314 e. The number of methoxy groups -OCH3 is 1. The predicted molar refractivity (Wildman–Crippen MR) is 75.1 cm³/mol. The fourth-order valence-corrected chi connectivity index (χ4v) is 2.49. The van der Waals surface area contributed by atoms with Gasteiger partial charge in [0.2, 0.25) is 0 Å². The van der Waals surface area contributed by atoms with Gasteiger partial charge in [0, 0.05) is 19.6 Å². The van der Waals surface area contributed by atoms with Crippen LogP contribution >= 0.6 is 0 Å². The second-order valence-electron chi connectivity index (χ2n) is 4.89. The van der Waals surface area contributed by atoms with E-state index in [1.165, 1.54) is 7.11 Å². The van der Waals surface area contributed by atoms with Gasteiger partial charge >= 0.3 is 5.97 Å². The van der Waals surface area contributed by atoms with Crippen LogP contribution in [0.2, 0.25) is 0 Å². The molecule has 4 nitrogen and oxygen atoms in total. The molecule has 0 saturated carbocycles. The lowest BCUT2D eigenvalue weighted by molar-refractivity contribution is -0.142. The minimum atomic E-state index is -0.190. The highest BCUT2D eigenvalue weighted by atomic mass is 16.5. The second kappa shape index (κ2) is 7.26. The molecule has 1 heterocycles. The van der Waals surface area contributed by atoms with Crippen molar-refractivity contribution >= 4 is 5.97 Å². The molecule has 1 aromatic rings. The number of hydrogen-bond acceptors (Lipinski definition) is 4. The van der Waals surface area contributed by atoms with Gasteiger partial charge in [-0.1, -0.05) is 30.3 Å². The van der Waals surface area contributed by atoms with Crippen molar-refractivity contribution in [2.24, 2.45) is 0 Å². The Kier molecular flexibility index (Phi) is 5.36. The lowest BCUT2D eigenvalue weighted by Crippen LogP contribution is -2.35. The minimum Gasteiger partial charge on any atom is -0.469 e. The monoisotopic (exact) mass is 262 g/mol. The first-order valence-corrected chi connectivity index (χ1v) is 6.87. The molecule has 0 bridgehead atoms. The Morgan fingerprint density at radius 3 is 2.84 bits per heavy atom. The zero-order chi connectivity index (χ0) is 13.5. The molecule has 0 aliphatic carbocycles. The summed E-state index contributed by atoms with van der Waals surface area (Å²) in [4.78, 5) is 14.3. The van der Waals surface area contributed by atoms with Crippen molar-refractivity contribution < 1.29 is 9.53 Å². The molecule has 0 aromatic heterocycles. The second-order valence-corrected chi connectivity index (χ2v) is 4.89. The summed E-state index contributed by atoms with van der Waals surface area (Å²) in [6.07, 6.45) is 1.13. The third-order valence-electron chi connectivity index (χ3n) is 3.56. The average molecular weight is 262 g/mol. The molecule has 1 aliphatic rings. The van der Waals surface area contributed by atoms with Gasteiger partial charge < -0.3 is 15.0 Å². The molecule has 1 aliphatic heterocycles. The summed E-state index contributed by atoms with van der Waals surface area (Å²) >= 11 is 0. The molecule has 0 radical (unpaired) electrons. The average Bonchev–Trinajstić information content (AvgIpc) is 2.73. The van der Waals surface area contributed by atoms with Crippen molar-refractivity contribution in [1.82, 2.24) is 10.2 Å². The van der Waals surface area contributed by atoms with Crippen LogP contribution in [0, 0.1) is 0 Å². The van der Waals surface area contributed by atoms with Crippen LogP contribution in [-0.4, -0.2) is 50.7 Å². The SMILES string of the molecule is COC(=O)C(CN1CCCNCC1)c1ccccc1. The van der Waals surface area contributed by atoms with Gasteiger partial charge in [-0.3, -0.25) is 4.79 Å². The topological polar surface area (TPSA) is 41.6 Å². The number of esters is 1. The zero-order valence-corrected chi connectivity index (χ0v) is 11.5. The largest absolute Gasteiger partial charge is 0.469 e. The summed E-state index contributed by atoms with van der Waals surface area (Å²) in [6, 6.07) is 9.90. The van der Waals surface area contributed by atoms with E-state index < -0.39 is 0 Å². The van der Waals surface area contributed by atoms with Gasteiger partial charge in [0.1, 0.15) is 0 Å². The Balaban J connectivity index is 2.07. The summed E-state index contributed by atoms with van der Waals surface area (Å²) in [5.41, 5.74) is 1.03. The van der Waals surface area contributed by atoms with Crippen molar-refractivity contribution in [3.05, 3.63) is 35.9 Å². The fourth-order valence-electron chi connectivity index (χ4n) is 2.49. The third-order valence-corrected chi connectivity index (χ3v) is 3.56. The standard InChI is InChI=1S/C15H22N2O2/c1-19-15(18)14(13-6-3-2-4-7-13)12-17-10-5-8-16-9-11-17/h2-4,6-7,14,16H,5,8-12H2,1H3. The van der Waals surface area contributed by atoms with Crippen LogP contribution in [0.3, 0.4) is 0 Å². The van der Waals surface area contributed by atoms with E-state index in [1.54, 1.807) is 0 Å². The number of benzene rings is 1. The van der Waals surface area contributed by atoms with E-state index in [0.717, 1.165) is 44.7 Å². The number of nitrogens with one attached hydrogen (secondary N) is 1. The van der Waals surface area contributed by atoms with Crippen molar-refractivity contribution in [2.75, 3.05) is 39.8 Å². The van der Waals surface area contributed by atoms with Crippen molar-refractivity contribution in [3.63, 3.8) is 0 Å². The van der Waals surface area contributed by atoms with Crippen molar-refractivity contribution in [2.45, 2.75) is 12.3 Å². The van der Waals surface area contributed by atoms with Crippen LogP contribution in [0.15, 0.2) is 30.3 Å². The van der Waals surface area contributed by atoms with E-state index in [0.29, 0.717) is 0 Å². The number of nitrogens with zero attached hydrogens (tertiary/aromatic N) is 1. The van der Waals surface area contributed by atoms with E-state index in [-0.39, 0.29) is 11.9 Å². The first-order valence-electron chi connectivity index (χ1n) is 6.87. The normalized spacial score (nSPS) is 18.6. The maximum atomic E-state index is 12.0. The van der Waals surface area contributed by atoms with E-state index in [1.807, 2.05) is 30.3 Å². The Labute approximate surface area is 114 Å². The highest BCUT2D eigenvalue weighted by molar-refractivity contribution is 5.78. The molecule has 0 amide bonds. The Morgan fingerprint density at radius 1 is 1.32 bits per heavy atom. The summed E-state index contributed by atoms with van der Waals surface area (Å²) in [6.45, 7) is 4.80. The van der Waals surface area contributed by atoms with Crippen LogP contribution in [0.4, 0.5) is 0 Å². The van der Waals surface area contributed by atoms with Gasteiger partial charge in [-0.25, -0.2) is 0 Å². The summed E-state index contributed by atoms with van der Waals surface area (Å²) < 4.78 is 4.96. The van der Waals surface area contributed by atoms with Crippen LogP contribution in [0.5, 0.6) is 0 Å². The first-order chi connectivity index (χ1) is 9.31. The van der Waals surface area contributed by atoms with Gasteiger partial charge in [0.05, 0.1) is 13.0 Å². The molecule has 1 aromatic carbocycles. The lowest BCUT2D eigenvalue weighted by atomic mass is 9.98. The molecule has 1 atom stereocenters. The molecule has 104 valence electrons. The quantitative estimate of drug-likeness (QED) is 0.829. The molecule has 4 heteroatoms. The number of rotatable bonds is 4. The third kappa shape index (κ3) is 4.04. The van der Waals surface area contributed by atoms with Crippen LogP contribution < -0.4 is 5.32 Å². The number of ether oxygens (including phenoxy) is 1. The summed E-state index contributed by atoms with van der Waals surface area (Å²) in [5, 5.41) is 3.38. The molecule has 1 N–H and O–H groups in total. The molecule has 19 heavy (non-hydrogen) atoms. The Bertz CT molecular complexity index is 386. The number of carbonyl (C=O) groups is 1. The Hall–Kier alpha value is -1.39. The molecular formula is C15H22N2O2. The van der Waals surface area contributed by atoms with Crippen LogP contribution in [0.25, 0.3) is 0 Å². The number of carbonyl (C=O) groups excluding carboxylic acids is 1. The summed E-state index contributed by atoms with van der Waals surface area (Å²) in [5.74, 6) is -0.340. The molecule has 1 fully saturated rings. The highest BCUT2D eigenvalue weighted by Gasteiger charge is 2.24. The van der Waals surface area contributed by atoms with Crippen LogP contribution in [0.1, 0.15) is 17.9 Å². The number of hydrogen-bond donors (Lipinski definition) is 1. The van der Waals surface area contributed by atoms with Gasteiger partial charge in [-0.05, 0) is 25.1 Å². The highest BCUT2D eigenvalue weighted by Crippen LogP contribution is 2.19. The molecule has 2 rings (SSSR count). The molecular weight excluding hydrogens is 240 g/mol. The van der Waals surface area contributed by atoms with E-state index >= 15 is 0 Å². The van der Waals surface area contributed by atoms with Crippen molar-refractivity contribution in [3.8, 4) is 0 Å². The van der Waals surface area contributed by atoms with E-state index in [9.17, 15) is 4.79 Å².